The van der Waals surface area contributed by atoms with Gasteiger partial charge in [0.05, 0.1) is 19.0 Å². The SMILES string of the molecule is CC(O)C(NC(=O)C(Cc1cnc[nH]1)NC(=O)C(CCC(N)=O)NC(=O)C(N)CO)C(=O)O. The van der Waals surface area contributed by atoms with E-state index in [2.05, 4.69) is 25.9 Å². The molecule has 0 aliphatic rings. The number of aliphatic carboxylic acids is 1. The molecule has 0 radical (unpaired) electrons. The Bertz CT molecular complexity index is 830. The second-order valence-electron chi connectivity index (χ2n) is 7.26. The van der Waals surface area contributed by atoms with Crippen molar-refractivity contribution in [2.24, 2.45) is 11.5 Å². The normalized spacial score (nSPS) is 15.4. The van der Waals surface area contributed by atoms with Crippen LogP contribution in [-0.2, 0) is 30.4 Å². The number of hydrogen-bond acceptors (Lipinski definition) is 9. The number of nitrogens with one attached hydrogen (secondary N) is 4. The van der Waals surface area contributed by atoms with Crippen LogP contribution in [0.1, 0.15) is 25.5 Å². The molecule has 1 aromatic heterocycles. The molecule has 4 amide bonds. The summed E-state index contributed by atoms with van der Waals surface area (Å²) in [7, 11) is 0. The number of carboxylic acid groups (broad SMARTS) is 1. The van der Waals surface area contributed by atoms with Gasteiger partial charge in [0.25, 0.3) is 0 Å². The number of carbonyl (C=O) groups is 5. The average molecular weight is 471 g/mol. The predicted molar refractivity (Wildman–Crippen MR) is 111 cm³/mol. The van der Waals surface area contributed by atoms with Crippen molar-refractivity contribution in [1.82, 2.24) is 25.9 Å². The molecule has 0 bridgehead atoms. The number of primary amides is 1. The Kier molecular flexibility index (Phi) is 10.9. The molecule has 1 heterocycles. The van der Waals surface area contributed by atoms with Crippen LogP contribution in [0.2, 0.25) is 0 Å². The van der Waals surface area contributed by atoms with Gasteiger partial charge in [-0.1, -0.05) is 0 Å². The Balaban J connectivity index is 3.07. The molecule has 5 unspecified atom stereocenters. The molecule has 15 heteroatoms. The molecule has 1 rings (SSSR count). The monoisotopic (exact) mass is 471 g/mol. The number of aliphatic hydroxyl groups is 2. The van der Waals surface area contributed by atoms with E-state index in [0.29, 0.717) is 5.69 Å². The third-order valence-electron chi connectivity index (χ3n) is 4.50. The smallest absolute Gasteiger partial charge is 0.328 e. The molecule has 0 aliphatic carbocycles. The van der Waals surface area contributed by atoms with E-state index >= 15 is 0 Å². The quantitative estimate of drug-likeness (QED) is 0.125. The van der Waals surface area contributed by atoms with Crippen LogP contribution in [0.5, 0.6) is 0 Å². The fraction of sp³-hybridized carbons (Fsp3) is 0.556. The topological polar surface area (TPSA) is 263 Å². The molecule has 15 nitrogen and oxygen atoms in total. The van der Waals surface area contributed by atoms with Gasteiger partial charge in [-0.05, 0) is 13.3 Å². The van der Waals surface area contributed by atoms with Crippen LogP contribution >= 0.6 is 0 Å². The van der Waals surface area contributed by atoms with Crippen molar-refractivity contribution in [2.75, 3.05) is 6.61 Å². The number of H-pyrrole nitrogens is 1. The standard InChI is InChI=1S/C18H29N7O8/c1-8(27)14(18(32)33)25-17(31)12(4-9-5-21-7-22-9)24-16(30)11(2-3-13(20)28)23-15(29)10(19)6-26/h5,7-8,10-12,14,26-27H,2-4,6,19H2,1H3,(H2,20,28)(H,21,22)(H,23,29)(H,24,30)(H,25,31)(H,32,33). The number of nitrogens with zero attached hydrogens (tertiary/aromatic N) is 1. The summed E-state index contributed by atoms with van der Waals surface area (Å²) < 4.78 is 0. The maximum absolute atomic E-state index is 12.8. The summed E-state index contributed by atoms with van der Waals surface area (Å²) in [6, 6.07) is -5.67. The zero-order valence-electron chi connectivity index (χ0n) is 17.9. The fourth-order valence-corrected chi connectivity index (χ4v) is 2.66. The molecule has 0 spiro atoms. The largest absolute Gasteiger partial charge is 0.480 e. The molecule has 0 saturated carbocycles. The maximum Gasteiger partial charge on any atom is 0.328 e. The van der Waals surface area contributed by atoms with Crippen molar-refractivity contribution >= 4 is 29.6 Å². The van der Waals surface area contributed by atoms with E-state index < -0.39 is 66.5 Å². The van der Waals surface area contributed by atoms with Gasteiger partial charge in [0.2, 0.25) is 23.6 Å². The number of carboxylic acids is 1. The second-order valence-corrected chi connectivity index (χ2v) is 7.26. The van der Waals surface area contributed by atoms with Crippen LogP contribution in [0.15, 0.2) is 12.5 Å². The minimum Gasteiger partial charge on any atom is -0.480 e. The Labute approximate surface area is 188 Å². The van der Waals surface area contributed by atoms with Crippen LogP contribution < -0.4 is 27.4 Å². The zero-order valence-corrected chi connectivity index (χ0v) is 17.9. The van der Waals surface area contributed by atoms with Gasteiger partial charge in [-0.25, -0.2) is 9.78 Å². The maximum atomic E-state index is 12.8. The number of aliphatic hydroxyl groups excluding tert-OH is 2. The van der Waals surface area contributed by atoms with Gasteiger partial charge in [0, 0.05) is 24.7 Å². The summed E-state index contributed by atoms with van der Waals surface area (Å²) in [5.41, 5.74) is 11.0. The molecule has 0 aliphatic heterocycles. The minimum absolute atomic E-state index is 0.142. The number of aromatic amines is 1. The molecule has 33 heavy (non-hydrogen) atoms. The Morgan fingerprint density at radius 1 is 1.09 bits per heavy atom. The lowest BCUT2D eigenvalue weighted by molar-refractivity contribution is -0.145. The van der Waals surface area contributed by atoms with Gasteiger partial charge in [-0.2, -0.15) is 0 Å². The highest BCUT2D eigenvalue weighted by atomic mass is 16.4. The van der Waals surface area contributed by atoms with E-state index in [1.165, 1.54) is 19.4 Å². The first-order chi connectivity index (χ1) is 15.5. The summed E-state index contributed by atoms with van der Waals surface area (Å²) in [6.45, 7) is 0.470. The van der Waals surface area contributed by atoms with Crippen LogP contribution in [0, 0.1) is 0 Å². The first-order valence-corrected chi connectivity index (χ1v) is 9.90. The number of carbonyl (C=O) groups excluding carboxylic acids is 4. The number of amides is 4. The summed E-state index contributed by atoms with van der Waals surface area (Å²) in [4.78, 5) is 66.6. The average Bonchev–Trinajstić information content (AvgIpc) is 3.25. The third kappa shape index (κ3) is 9.22. The highest BCUT2D eigenvalue weighted by molar-refractivity contribution is 5.94. The number of hydrogen-bond donors (Lipinski definition) is 9. The summed E-state index contributed by atoms with van der Waals surface area (Å²) in [5, 5.41) is 34.6. The lowest BCUT2D eigenvalue weighted by Crippen LogP contribution is -2.59. The van der Waals surface area contributed by atoms with Crippen LogP contribution in [-0.4, -0.2) is 91.8 Å². The number of nitrogens with two attached hydrogens (primary N) is 2. The predicted octanol–water partition coefficient (Wildman–Crippen LogP) is -4.54. The van der Waals surface area contributed by atoms with Gasteiger partial charge in [0.15, 0.2) is 6.04 Å². The van der Waals surface area contributed by atoms with E-state index in [9.17, 15) is 34.2 Å². The molecule has 184 valence electrons. The van der Waals surface area contributed by atoms with Gasteiger partial charge in [-0.3, -0.25) is 19.2 Å². The molecule has 0 saturated heterocycles. The summed E-state index contributed by atoms with van der Waals surface area (Å²) in [5.74, 6) is -4.94. The summed E-state index contributed by atoms with van der Waals surface area (Å²) in [6.07, 6.45) is 0.618. The third-order valence-corrected chi connectivity index (χ3v) is 4.50. The second kappa shape index (κ2) is 13.1. The van der Waals surface area contributed by atoms with Crippen LogP contribution in [0.25, 0.3) is 0 Å². The zero-order chi connectivity index (χ0) is 25.1. The first kappa shape index (κ1) is 27.5. The van der Waals surface area contributed by atoms with E-state index in [1.54, 1.807) is 0 Å². The highest BCUT2D eigenvalue weighted by Gasteiger charge is 2.32. The molecular weight excluding hydrogens is 442 g/mol. The van der Waals surface area contributed by atoms with Crippen molar-refractivity contribution in [3.8, 4) is 0 Å². The molecular formula is C18H29N7O8. The van der Waals surface area contributed by atoms with Crippen molar-refractivity contribution in [2.45, 2.75) is 56.5 Å². The molecule has 1 aromatic rings. The Hall–Kier alpha value is -3.56. The first-order valence-electron chi connectivity index (χ1n) is 9.90. The molecule has 11 N–H and O–H groups in total. The van der Waals surface area contributed by atoms with Crippen molar-refractivity contribution in [3.05, 3.63) is 18.2 Å². The van der Waals surface area contributed by atoms with Gasteiger partial charge in [0.1, 0.15) is 18.1 Å². The molecule has 0 aromatic carbocycles. The van der Waals surface area contributed by atoms with Crippen LogP contribution in [0.3, 0.4) is 0 Å². The van der Waals surface area contributed by atoms with Gasteiger partial charge < -0.3 is 47.7 Å². The molecule has 5 atom stereocenters. The van der Waals surface area contributed by atoms with Crippen molar-refractivity contribution in [1.29, 1.82) is 0 Å². The minimum atomic E-state index is -1.65. The van der Waals surface area contributed by atoms with Crippen molar-refractivity contribution < 1.29 is 39.3 Å². The lowest BCUT2D eigenvalue weighted by Gasteiger charge is -2.25. The number of aromatic nitrogens is 2. The van der Waals surface area contributed by atoms with E-state index in [1.807, 2.05) is 0 Å². The Morgan fingerprint density at radius 2 is 1.70 bits per heavy atom. The van der Waals surface area contributed by atoms with E-state index in [-0.39, 0.29) is 19.3 Å². The number of imidazole rings is 1. The Morgan fingerprint density at radius 3 is 2.18 bits per heavy atom. The van der Waals surface area contributed by atoms with E-state index in [4.69, 9.17) is 16.6 Å². The van der Waals surface area contributed by atoms with Gasteiger partial charge in [-0.15, -0.1) is 0 Å². The number of rotatable bonds is 14. The van der Waals surface area contributed by atoms with Crippen molar-refractivity contribution in [3.63, 3.8) is 0 Å². The summed E-state index contributed by atoms with van der Waals surface area (Å²) >= 11 is 0. The van der Waals surface area contributed by atoms with E-state index in [0.717, 1.165) is 0 Å². The van der Waals surface area contributed by atoms with Gasteiger partial charge >= 0.3 is 5.97 Å². The lowest BCUT2D eigenvalue weighted by atomic mass is 10.1. The highest BCUT2D eigenvalue weighted by Crippen LogP contribution is 2.05. The van der Waals surface area contributed by atoms with Crippen LogP contribution in [0.4, 0.5) is 0 Å². The molecule has 0 fully saturated rings. The fourth-order valence-electron chi connectivity index (χ4n) is 2.66.